The molecule has 3 saturated heterocycles. The Morgan fingerprint density at radius 3 is 2.71 bits per heavy atom. The van der Waals surface area contributed by atoms with Crippen molar-refractivity contribution >= 4 is 11.8 Å². The highest BCUT2D eigenvalue weighted by molar-refractivity contribution is 5.74. The van der Waals surface area contributed by atoms with Gasteiger partial charge in [-0.05, 0) is 25.0 Å². The quantitative estimate of drug-likeness (QED) is 0.910. The van der Waals surface area contributed by atoms with Crippen LogP contribution in [-0.4, -0.2) is 61.3 Å². The first-order valence-corrected chi connectivity index (χ1v) is 8.70. The first kappa shape index (κ1) is 15.6. The predicted octanol–water partition coefficient (Wildman–Crippen LogP) is 1.48. The lowest BCUT2D eigenvalue weighted by atomic mass is 10.0. The number of likely N-dealkylation sites (tertiary alicyclic amines) is 1. The third kappa shape index (κ3) is 3.17. The van der Waals surface area contributed by atoms with Crippen molar-refractivity contribution in [3.05, 3.63) is 24.1 Å². The number of carbonyl (C=O) groups excluding carboxylic acids is 1. The summed E-state index contributed by atoms with van der Waals surface area (Å²) in [6, 6.07) is 3.19. The van der Waals surface area contributed by atoms with Crippen molar-refractivity contribution in [2.45, 2.75) is 18.9 Å². The van der Waals surface area contributed by atoms with E-state index in [1.165, 1.54) is 12.3 Å². The number of hydrogen-bond donors (Lipinski definition) is 1. The molecular formula is C17H23FN4O2. The van der Waals surface area contributed by atoms with E-state index in [1.807, 2.05) is 4.90 Å². The highest BCUT2D eigenvalue weighted by Gasteiger charge is 2.42. The number of halogens is 1. The largest absolute Gasteiger partial charge is 0.376 e. The van der Waals surface area contributed by atoms with Crippen LogP contribution in [0.1, 0.15) is 12.8 Å². The molecule has 0 radical (unpaired) electrons. The smallest absolute Gasteiger partial charge is 0.317 e. The van der Waals surface area contributed by atoms with Gasteiger partial charge >= 0.3 is 6.03 Å². The summed E-state index contributed by atoms with van der Waals surface area (Å²) >= 11 is 0. The number of amides is 2. The molecule has 0 aromatic carbocycles. The topological polar surface area (TPSA) is 57.7 Å². The number of aromatic nitrogens is 1. The van der Waals surface area contributed by atoms with Gasteiger partial charge in [0.2, 0.25) is 0 Å². The van der Waals surface area contributed by atoms with Gasteiger partial charge in [-0.15, -0.1) is 0 Å². The van der Waals surface area contributed by atoms with E-state index in [0.29, 0.717) is 18.4 Å². The molecule has 4 rings (SSSR count). The molecule has 1 aromatic rings. The lowest BCUT2D eigenvalue weighted by molar-refractivity contribution is 0.109. The second kappa shape index (κ2) is 6.55. The molecule has 0 bridgehead atoms. The first-order valence-electron chi connectivity index (χ1n) is 8.70. The summed E-state index contributed by atoms with van der Waals surface area (Å²) < 4.78 is 18.5. The Labute approximate surface area is 141 Å². The van der Waals surface area contributed by atoms with Gasteiger partial charge in [0.15, 0.2) is 0 Å². The van der Waals surface area contributed by atoms with Crippen LogP contribution in [0.25, 0.3) is 0 Å². The molecule has 3 aliphatic heterocycles. The number of fused-ring (bicyclic) bond motifs is 1. The number of pyridine rings is 1. The molecule has 0 aliphatic carbocycles. The summed E-state index contributed by atoms with van der Waals surface area (Å²) in [6.45, 7) is 4.72. The fraction of sp³-hybridized carbons (Fsp3) is 0.647. The summed E-state index contributed by atoms with van der Waals surface area (Å²) in [6.07, 6.45) is 3.55. The van der Waals surface area contributed by atoms with Gasteiger partial charge in [-0.25, -0.2) is 14.2 Å². The van der Waals surface area contributed by atoms with Crippen molar-refractivity contribution in [1.29, 1.82) is 0 Å². The summed E-state index contributed by atoms with van der Waals surface area (Å²) in [5.41, 5.74) is 0. The fourth-order valence-corrected chi connectivity index (χ4v) is 4.02. The van der Waals surface area contributed by atoms with Crippen LogP contribution in [-0.2, 0) is 4.74 Å². The van der Waals surface area contributed by atoms with Crippen LogP contribution in [0, 0.1) is 17.7 Å². The maximum absolute atomic E-state index is 13.0. The molecule has 3 atom stereocenters. The molecule has 2 amide bonds. The first-order chi connectivity index (χ1) is 11.7. The molecule has 3 unspecified atom stereocenters. The van der Waals surface area contributed by atoms with Crippen molar-refractivity contribution in [2.75, 3.05) is 44.2 Å². The maximum Gasteiger partial charge on any atom is 0.317 e. The molecule has 0 spiro atoms. The number of anilines is 1. The molecule has 130 valence electrons. The van der Waals surface area contributed by atoms with Gasteiger partial charge in [0.1, 0.15) is 11.6 Å². The van der Waals surface area contributed by atoms with Crippen molar-refractivity contribution in [2.24, 2.45) is 11.8 Å². The Morgan fingerprint density at radius 2 is 2.08 bits per heavy atom. The van der Waals surface area contributed by atoms with Crippen LogP contribution in [0.3, 0.4) is 0 Å². The fourth-order valence-electron chi connectivity index (χ4n) is 4.02. The summed E-state index contributed by atoms with van der Waals surface area (Å²) in [7, 11) is 0. The number of ether oxygens (including phenoxy) is 1. The molecule has 0 saturated carbocycles. The van der Waals surface area contributed by atoms with Crippen molar-refractivity contribution in [3.63, 3.8) is 0 Å². The summed E-state index contributed by atoms with van der Waals surface area (Å²) in [4.78, 5) is 20.6. The SMILES string of the molecule is O=C(NCC1CCCO1)N1CC2CN(c3ccc(F)cn3)CC2C1. The van der Waals surface area contributed by atoms with Crippen LogP contribution in [0.2, 0.25) is 0 Å². The number of hydrogen-bond acceptors (Lipinski definition) is 4. The van der Waals surface area contributed by atoms with Gasteiger partial charge in [-0.2, -0.15) is 0 Å². The van der Waals surface area contributed by atoms with Gasteiger partial charge in [0.25, 0.3) is 0 Å². The van der Waals surface area contributed by atoms with Gasteiger partial charge < -0.3 is 19.9 Å². The Hall–Kier alpha value is -1.89. The van der Waals surface area contributed by atoms with E-state index < -0.39 is 0 Å². The Bertz CT molecular complexity index is 577. The minimum Gasteiger partial charge on any atom is -0.376 e. The van der Waals surface area contributed by atoms with Crippen LogP contribution >= 0.6 is 0 Å². The summed E-state index contributed by atoms with van der Waals surface area (Å²) in [5.74, 6) is 1.43. The van der Waals surface area contributed by atoms with Gasteiger partial charge in [-0.1, -0.05) is 0 Å². The number of rotatable bonds is 3. The van der Waals surface area contributed by atoms with E-state index in [0.717, 1.165) is 51.4 Å². The van der Waals surface area contributed by atoms with Crippen LogP contribution in [0.15, 0.2) is 18.3 Å². The minimum absolute atomic E-state index is 0.0198. The molecule has 1 aromatic heterocycles. The molecule has 24 heavy (non-hydrogen) atoms. The molecular weight excluding hydrogens is 311 g/mol. The van der Waals surface area contributed by atoms with Crippen LogP contribution in [0.4, 0.5) is 15.0 Å². The lowest BCUT2D eigenvalue weighted by Gasteiger charge is -2.23. The number of carbonyl (C=O) groups is 1. The van der Waals surface area contributed by atoms with Crippen molar-refractivity contribution in [1.82, 2.24) is 15.2 Å². The zero-order valence-corrected chi connectivity index (χ0v) is 13.7. The molecule has 4 heterocycles. The van der Waals surface area contributed by atoms with E-state index >= 15 is 0 Å². The second-order valence-electron chi connectivity index (χ2n) is 6.99. The lowest BCUT2D eigenvalue weighted by Crippen LogP contribution is -2.43. The van der Waals surface area contributed by atoms with Gasteiger partial charge in [0.05, 0.1) is 12.3 Å². The molecule has 3 aliphatic rings. The third-order valence-corrected chi connectivity index (χ3v) is 5.31. The zero-order valence-electron chi connectivity index (χ0n) is 13.7. The zero-order chi connectivity index (χ0) is 16.5. The average molecular weight is 334 g/mol. The summed E-state index contributed by atoms with van der Waals surface area (Å²) in [5, 5.41) is 3.00. The average Bonchev–Trinajstić information content (AvgIpc) is 3.29. The standard InChI is InChI=1S/C17H23FN4O2/c18-14-3-4-16(19-6-14)21-8-12-10-22(11-13(12)9-21)17(23)20-7-15-2-1-5-24-15/h3-4,6,12-13,15H,1-2,5,7-11H2,(H,20,23). The van der Waals surface area contributed by atoms with E-state index in [2.05, 4.69) is 15.2 Å². The van der Waals surface area contributed by atoms with Crippen LogP contribution < -0.4 is 10.2 Å². The number of nitrogens with one attached hydrogen (secondary N) is 1. The highest BCUT2D eigenvalue weighted by Crippen LogP contribution is 2.33. The van der Waals surface area contributed by atoms with Gasteiger partial charge in [-0.3, -0.25) is 0 Å². The van der Waals surface area contributed by atoms with Crippen molar-refractivity contribution < 1.29 is 13.9 Å². The minimum atomic E-state index is -0.313. The Morgan fingerprint density at radius 1 is 1.29 bits per heavy atom. The van der Waals surface area contributed by atoms with E-state index in [9.17, 15) is 9.18 Å². The Kier molecular flexibility index (Phi) is 4.26. The monoisotopic (exact) mass is 334 g/mol. The normalized spacial score (nSPS) is 29.1. The van der Waals surface area contributed by atoms with E-state index in [4.69, 9.17) is 4.74 Å². The molecule has 7 heteroatoms. The second-order valence-corrected chi connectivity index (χ2v) is 6.99. The number of urea groups is 1. The number of nitrogens with zero attached hydrogens (tertiary/aromatic N) is 3. The van der Waals surface area contributed by atoms with E-state index in [-0.39, 0.29) is 18.0 Å². The predicted molar refractivity (Wildman–Crippen MR) is 87.3 cm³/mol. The molecule has 3 fully saturated rings. The van der Waals surface area contributed by atoms with Gasteiger partial charge in [0, 0.05) is 51.2 Å². The maximum atomic E-state index is 13.0. The van der Waals surface area contributed by atoms with E-state index in [1.54, 1.807) is 6.07 Å². The third-order valence-electron chi connectivity index (χ3n) is 5.31. The van der Waals surface area contributed by atoms with Crippen LogP contribution in [0.5, 0.6) is 0 Å². The molecule has 1 N–H and O–H groups in total. The highest BCUT2D eigenvalue weighted by atomic mass is 19.1. The Balaban J connectivity index is 1.27. The molecule has 6 nitrogen and oxygen atoms in total. The van der Waals surface area contributed by atoms with Crippen molar-refractivity contribution in [3.8, 4) is 0 Å².